The molecule has 0 saturated carbocycles. The van der Waals surface area contributed by atoms with E-state index in [1.54, 1.807) is 27.7 Å². The second-order valence-corrected chi connectivity index (χ2v) is 4.46. The van der Waals surface area contributed by atoms with Gasteiger partial charge in [0.25, 0.3) is 0 Å². The Kier molecular flexibility index (Phi) is 1.96. The standard InChI is InChI=1S/C12H19BO2/c1-11(2,14)12(3,4)15-13-10-8-6-5-7-9-10/h5-9,13-14H,1-4H3/i5D,6D,7D,8D,9D. The lowest BCUT2D eigenvalue weighted by Gasteiger charge is -2.37. The van der Waals surface area contributed by atoms with E-state index >= 15 is 0 Å². The molecule has 0 amide bonds. The van der Waals surface area contributed by atoms with Crippen molar-refractivity contribution in [2.45, 2.75) is 38.9 Å². The molecule has 2 nitrogen and oxygen atoms in total. The Labute approximate surface area is 99.6 Å². The maximum atomic E-state index is 9.99. The highest BCUT2D eigenvalue weighted by molar-refractivity contribution is 6.47. The summed E-state index contributed by atoms with van der Waals surface area (Å²) in [4.78, 5) is 0. The molecule has 0 atom stereocenters. The number of aliphatic hydroxyl groups is 1. The van der Waals surface area contributed by atoms with E-state index in [-0.39, 0.29) is 37.1 Å². The van der Waals surface area contributed by atoms with Gasteiger partial charge in [-0.1, -0.05) is 35.7 Å². The van der Waals surface area contributed by atoms with Gasteiger partial charge in [0, 0.05) is 0 Å². The van der Waals surface area contributed by atoms with Crippen molar-refractivity contribution in [3.8, 4) is 0 Å². The van der Waals surface area contributed by atoms with Gasteiger partial charge in [-0.2, -0.15) is 0 Å². The third-order valence-corrected chi connectivity index (χ3v) is 2.60. The average Bonchev–Trinajstić information content (AvgIpc) is 2.32. The largest absolute Gasteiger partial charge is 0.427 e. The van der Waals surface area contributed by atoms with Crippen LogP contribution in [0.1, 0.15) is 34.5 Å². The number of hydrogen-bond acceptors (Lipinski definition) is 2. The van der Waals surface area contributed by atoms with Gasteiger partial charge in [-0.15, -0.1) is 0 Å². The number of rotatable bonds is 4. The fourth-order valence-electron chi connectivity index (χ4n) is 0.777. The molecule has 0 unspecified atom stereocenters. The molecule has 1 rings (SSSR count). The van der Waals surface area contributed by atoms with Crippen LogP contribution in [-0.2, 0) is 4.65 Å². The van der Waals surface area contributed by atoms with E-state index in [9.17, 15) is 5.11 Å². The summed E-state index contributed by atoms with van der Waals surface area (Å²) in [5.41, 5.74) is -1.95. The molecule has 0 aliphatic carbocycles. The average molecular weight is 211 g/mol. The van der Waals surface area contributed by atoms with E-state index in [2.05, 4.69) is 0 Å². The number of hydrogen-bond donors (Lipinski definition) is 1. The molecule has 1 N–H and O–H groups in total. The Morgan fingerprint density at radius 2 is 1.73 bits per heavy atom. The zero-order valence-corrected chi connectivity index (χ0v) is 9.56. The van der Waals surface area contributed by atoms with Crippen LogP contribution in [0.25, 0.3) is 0 Å². The van der Waals surface area contributed by atoms with Gasteiger partial charge in [0.2, 0.25) is 0 Å². The summed E-state index contributed by atoms with van der Waals surface area (Å²) in [6.45, 7) is 6.55. The quantitative estimate of drug-likeness (QED) is 0.759. The Morgan fingerprint density at radius 3 is 2.20 bits per heavy atom. The lowest BCUT2D eigenvalue weighted by Crippen LogP contribution is -2.49. The first-order valence-corrected chi connectivity index (χ1v) is 4.82. The van der Waals surface area contributed by atoms with Gasteiger partial charge in [0.05, 0.1) is 18.1 Å². The van der Waals surface area contributed by atoms with Gasteiger partial charge in [0.15, 0.2) is 0 Å². The molecule has 1 aromatic rings. The van der Waals surface area contributed by atoms with Crippen molar-refractivity contribution in [1.82, 2.24) is 0 Å². The summed E-state index contributed by atoms with van der Waals surface area (Å²) in [6.07, 6.45) is 0. The molecule has 3 heteroatoms. The van der Waals surface area contributed by atoms with Gasteiger partial charge in [-0.05, 0) is 27.7 Å². The molecule has 1 aromatic carbocycles. The second-order valence-electron chi connectivity index (χ2n) is 4.46. The summed E-state index contributed by atoms with van der Waals surface area (Å²) < 4.78 is 43.8. The van der Waals surface area contributed by atoms with Crippen LogP contribution in [0.4, 0.5) is 0 Å². The minimum absolute atomic E-state index is 0.0910. The fourth-order valence-corrected chi connectivity index (χ4v) is 0.777. The lowest BCUT2D eigenvalue weighted by molar-refractivity contribution is -0.0893. The Morgan fingerprint density at radius 1 is 1.20 bits per heavy atom. The third kappa shape index (κ3) is 3.36. The molecule has 0 fully saturated rings. The van der Waals surface area contributed by atoms with Crippen LogP contribution in [0, 0.1) is 0 Å². The molecular formula is C12H19BO2. The van der Waals surface area contributed by atoms with Crippen molar-refractivity contribution >= 4 is 12.9 Å². The Balaban J connectivity index is 3.13. The molecule has 0 saturated heterocycles. The SMILES string of the molecule is [2H]c1c([2H])c([2H])c(BOC(C)(C)C(C)(C)O)c([2H])c1[2H]. The molecule has 0 heterocycles. The minimum atomic E-state index is -1.12. The highest BCUT2D eigenvalue weighted by Crippen LogP contribution is 2.24. The molecule has 82 valence electrons. The van der Waals surface area contributed by atoms with Crippen LogP contribution >= 0.6 is 0 Å². The van der Waals surface area contributed by atoms with E-state index in [4.69, 9.17) is 11.5 Å². The molecule has 0 aliphatic heterocycles. The zero-order chi connectivity index (χ0) is 15.9. The molecule has 0 bridgehead atoms. The van der Waals surface area contributed by atoms with Gasteiger partial charge in [-0.25, -0.2) is 0 Å². The third-order valence-electron chi connectivity index (χ3n) is 2.60. The minimum Gasteiger partial charge on any atom is -0.427 e. The summed E-state index contributed by atoms with van der Waals surface area (Å²) in [6, 6.07) is -1.74. The Bertz CT molecular complexity index is 497. The van der Waals surface area contributed by atoms with E-state index in [0.717, 1.165) is 0 Å². The summed E-state index contributed by atoms with van der Waals surface area (Å²) in [5, 5.41) is 9.99. The second kappa shape index (κ2) is 4.37. The fraction of sp³-hybridized carbons (Fsp3) is 0.500. The van der Waals surface area contributed by atoms with E-state index in [1.807, 2.05) is 0 Å². The van der Waals surface area contributed by atoms with Crippen molar-refractivity contribution in [1.29, 1.82) is 0 Å². The first-order valence-electron chi connectivity index (χ1n) is 7.32. The van der Waals surface area contributed by atoms with Crippen LogP contribution in [0.5, 0.6) is 0 Å². The smallest absolute Gasteiger partial charge is 0.309 e. The van der Waals surface area contributed by atoms with Crippen molar-refractivity contribution in [3.63, 3.8) is 0 Å². The highest BCUT2D eigenvalue weighted by atomic mass is 16.5. The predicted molar refractivity (Wildman–Crippen MR) is 64.7 cm³/mol. The van der Waals surface area contributed by atoms with Crippen LogP contribution in [0.3, 0.4) is 0 Å². The normalized spacial score (nSPS) is 17.3. The van der Waals surface area contributed by atoms with Crippen molar-refractivity contribution in [3.05, 3.63) is 30.2 Å². The van der Waals surface area contributed by atoms with Crippen molar-refractivity contribution in [2.24, 2.45) is 0 Å². The van der Waals surface area contributed by atoms with E-state index < -0.39 is 17.2 Å². The topological polar surface area (TPSA) is 29.5 Å². The monoisotopic (exact) mass is 211 g/mol. The summed E-state index contributed by atoms with van der Waals surface area (Å²) in [7, 11) is -0.160. The first-order chi connectivity index (χ1) is 8.90. The maximum Gasteiger partial charge on any atom is 0.309 e. The molecule has 0 radical (unpaired) electrons. The maximum absolute atomic E-state index is 9.99. The number of benzene rings is 1. The Hall–Kier alpha value is -0.795. The van der Waals surface area contributed by atoms with Gasteiger partial charge < -0.3 is 9.76 Å². The van der Waals surface area contributed by atoms with E-state index in [1.165, 1.54) is 0 Å². The highest BCUT2D eigenvalue weighted by Gasteiger charge is 2.35. The molecule has 15 heavy (non-hydrogen) atoms. The zero-order valence-electron chi connectivity index (χ0n) is 14.6. The van der Waals surface area contributed by atoms with Crippen LogP contribution in [0.15, 0.2) is 30.2 Å². The summed E-state index contributed by atoms with van der Waals surface area (Å²) >= 11 is 0. The van der Waals surface area contributed by atoms with Crippen molar-refractivity contribution in [2.75, 3.05) is 0 Å². The van der Waals surface area contributed by atoms with Gasteiger partial charge in [-0.3, -0.25) is 0 Å². The van der Waals surface area contributed by atoms with Gasteiger partial charge in [0.1, 0.15) is 0 Å². The molecular weight excluding hydrogens is 187 g/mol. The molecule has 0 spiro atoms. The predicted octanol–water partition coefficient (Wildman–Crippen LogP) is 1.23. The van der Waals surface area contributed by atoms with Crippen LogP contribution < -0.4 is 5.46 Å². The summed E-state index contributed by atoms with van der Waals surface area (Å²) in [5.74, 6) is 0. The van der Waals surface area contributed by atoms with E-state index in [0.29, 0.717) is 0 Å². The van der Waals surface area contributed by atoms with Crippen LogP contribution in [0.2, 0.25) is 0 Å². The lowest BCUT2D eigenvalue weighted by atomic mass is 9.83. The first kappa shape index (κ1) is 6.72. The molecule has 0 aliphatic rings. The van der Waals surface area contributed by atoms with Crippen LogP contribution in [-0.4, -0.2) is 23.8 Å². The molecule has 0 aromatic heterocycles. The van der Waals surface area contributed by atoms with Crippen molar-refractivity contribution < 1.29 is 16.6 Å². The van der Waals surface area contributed by atoms with Gasteiger partial charge >= 0.3 is 7.48 Å².